The summed E-state index contributed by atoms with van der Waals surface area (Å²) in [5.41, 5.74) is 0. The van der Waals surface area contributed by atoms with Crippen LogP contribution in [0.15, 0.2) is 12.2 Å². The molecule has 0 aromatic rings. The summed E-state index contributed by atoms with van der Waals surface area (Å²) < 4.78 is 15.7. The van der Waals surface area contributed by atoms with Gasteiger partial charge in [0.05, 0.1) is 13.2 Å². The summed E-state index contributed by atoms with van der Waals surface area (Å²) >= 11 is 0. The highest BCUT2D eigenvalue weighted by Gasteiger charge is 2.39. The zero-order valence-corrected chi connectivity index (χ0v) is 9.80. The second kappa shape index (κ2) is 5.43. The van der Waals surface area contributed by atoms with Crippen molar-refractivity contribution in [3.05, 3.63) is 12.2 Å². The van der Waals surface area contributed by atoms with Crippen molar-refractivity contribution >= 4 is 5.97 Å². The molecule has 5 heteroatoms. The largest absolute Gasteiger partial charge is 0.463 e. The highest BCUT2D eigenvalue weighted by Crippen LogP contribution is 2.28. The molecule has 1 aliphatic rings. The van der Waals surface area contributed by atoms with Gasteiger partial charge in [-0.3, -0.25) is 0 Å². The number of esters is 1. The van der Waals surface area contributed by atoms with E-state index in [1.54, 1.807) is 26.8 Å². The Bertz CT molecular complexity index is 272. The molecule has 92 valence electrons. The van der Waals surface area contributed by atoms with Crippen LogP contribution in [0.25, 0.3) is 0 Å². The predicted molar refractivity (Wildman–Crippen MR) is 56.7 cm³/mol. The fraction of sp³-hybridized carbons (Fsp3) is 0.727. The van der Waals surface area contributed by atoms with E-state index in [4.69, 9.17) is 19.3 Å². The third-order valence-corrected chi connectivity index (χ3v) is 2.11. The molecule has 0 bridgehead atoms. The summed E-state index contributed by atoms with van der Waals surface area (Å²) in [6.07, 6.45) is 1.97. The summed E-state index contributed by atoms with van der Waals surface area (Å²) in [6, 6.07) is 0. The lowest BCUT2D eigenvalue weighted by Gasteiger charge is -2.15. The molecule has 1 saturated heterocycles. The first-order chi connectivity index (χ1) is 7.48. The van der Waals surface area contributed by atoms with Crippen LogP contribution in [0.1, 0.15) is 20.8 Å². The van der Waals surface area contributed by atoms with Crippen LogP contribution in [0.2, 0.25) is 0 Å². The molecule has 0 aromatic heterocycles. The van der Waals surface area contributed by atoms with Crippen molar-refractivity contribution in [3.63, 3.8) is 0 Å². The van der Waals surface area contributed by atoms with E-state index < -0.39 is 24.0 Å². The molecule has 0 spiro atoms. The molecule has 0 unspecified atom stereocenters. The lowest BCUT2D eigenvalue weighted by molar-refractivity contribution is -0.146. The SMILES string of the molecule is CCOC(=O)/C=C/[C@H]1OC(C)(C)O[C@@H]1CO. The Balaban J connectivity index is 2.56. The zero-order chi connectivity index (χ0) is 12.2. The Morgan fingerprint density at radius 3 is 2.75 bits per heavy atom. The van der Waals surface area contributed by atoms with Gasteiger partial charge in [-0.25, -0.2) is 4.79 Å². The average molecular weight is 230 g/mol. The Kier molecular flexibility index (Phi) is 4.46. The second-order valence-corrected chi connectivity index (χ2v) is 3.93. The molecule has 0 radical (unpaired) electrons. The van der Waals surface area contributed by atoms with Crippen LogP contribution in [0.5, 0.6) is 0 Å². The molecule has 0 amide bonds. The fourth-order valence-electron chi connectivity index (χ4n) is 1.53. The molecule has 1 rings (SSSR count). The normalized spacial score (nSPS) is 28.5. The number of hydrogen-bond donors (Lipinski definition) is 1. The van der Waals surface area contributed by atoms with E-state index in [0.717, 1.165) is 0 Å². The van der Waals surface area contributed by atoms with Crippen molar-refractivity contribution in [1.82, 2.24) is 0 Å². The third-order valence-electron chi connectivity index (χ3n) is 2.11. The van der Waals surface area contributed by atoms with Crippen molar-refractivity contribution < 1.29 is 24.1 Å². The molecule has 0 saturated carbocycles. The Hall–Kier alpha value is -0.910. The highest BCUT2D eigenvalue weighted by molar-refractivity contribution is 5.81. The van der Waals surface area contributed by atoms with Gasteiger partial charge in [-0.05, 0) is 26.8 Å². The Morgan fingerprint density at radius 1 is 1.50 bits per heavy atom. The van der Waals surface area contributed by atoms with Crippen molar-refractivity contribution in [1.29, 1.82) is 0 Å². The van der Waals surface area contributed by atoms with Gasteiger partial charge in [0, 0.05) is 6.08 Å². The first kappa shape index (κ1) is 13.2. The molecule has 16 heavy (non-hydrogen) atoms. The summed E-state index contributed by atoms with van der Waals surface area (Å²) in [7, 11) is 0. The first-order valence-corrected chi connectivity index (χ1v) is 5.30. The molecule has 2 atom stereocenters. The lowest BCUT2D eigenvalue weighted by atomic mass is 10.2. The maximum Gasteiger partial charge on any atom is 0.330 e. The van der Waals surface area contributed by atoms with Crippen LogP contribution in [-0.4, -0.2) is 42.3 Å². The molecule has 1 fully saturated rings. The van der Waals surface area contributed by atoms with Gasteiger partial charge < -0.3 is 19.3 Å². The number of ether oxygens (including phenoxy) is 3. The van der Waals surface area contributed by atoms with Crippen LogP contribution in [-0.2, 0) is 19.0 Å². The van der Waals surface area contributed by atoms with Crippen LogP contribution in [0.4, 0.5) is 0 Å². The minimum Gasteiger partial charge on any atom is -0.463 e. The summed E-state index contributed by atoms with van der Waals surface area (Å²) in [6.45, 7) is 5.43. The van der Waals surface area contributed by atoms with Gasteiger partial charge in [-0.15, -0.1) is 0 Å². The van der Waals surface area contributed by atoms with E-state index in [9.17, 15) is 4.79 Å². The Labute approximate surface area is 95.0 Å². The van der Waals surface area contributed by atoms with E-state index in [0.29, 0.717) is 6.61 Å². The lowest BCUT2D eigenvalue weighted by Crippen LogP contribution is -2.25. The van der Waals surface area contributed by atoms with Crippen LogP contribution >= 0.6 is 0 Å². The monoisotopic (exact) mass is 230 g/mol. The van der Waals surface area contributed by atoms with Gasteiger partial charge in [0.25, 0.3) is 0 Å². The number of aliphatic hydroxyl groups is 1. The standard InChI is InChI=1S/C11H18O5/c1-4-14-10(13)6-5-8-9(7-12)16-11(2,3)15-8/h5-6,8-9,12H,4,7H2,1-3H3/b6-5+/t8-,9-/m1/s1. The van der Waals surface area contributed by atoms with Gasteiger partial charge in [-0.2, -0.15) is 0 Å². The van der Waals surface area contributed by atoms with Crippen LogP contribution in [0.3, 0.4) is 0 Å². The number of hydrogen-bond acceptors (Lipinski definition) is 5. The van der Waals surface area contributed by atoms with Gasteiger partial charge in [0.1, 0.15) is 12.2 Å². The van der Waals surface area contributed by atoms with Crippen molar-refractivity contribution in [2.45, 2.75) is 38.8 Å². The first-order valence-electron chi connectivity index (χ1n) is 5.30. The maximum absolute atomic E-state index is 11.1. The molecule has 0 aromatic carbocycles. The van der Waals surface area contributed by atoms with E-state index in [-0.39, 0.29) is 6.61 Å². The van der Waals surface area contributed by atoms with E-state index in [1.165, 1.54) is 6.08 Å². The minimum absolute atomic E-state index is 0.152. The maximum atomic E-state index is 11.1. The molecule has 1 heterocycles. The molecular formula is C11H18O5. The predicted octanol–water partition coefficient (Wildman–Crippen LogP) is 0.618. The average Bonchev–Trinajstić information content (AvgIpc) is 2.51. The van der Waals surface area contributed by atoms with Crippen molar-refractivity contribution in [2.24, 2.45) is 0 Å². The van der Waals surface area contributed by atoms with Gasteiger partial charge in [0.2, 0.25) is 0 Å². The molecule has 5 nitrogen and oxygen atoms in total. The molecule has 1 N–H and O–H groups in total. The topological polar surface area (TPSA) is 65.0 Å². The van der Waals surface area contributed by atoms with Crippen LogP contribution < -0.4 is 0 Å². The fourth-order valence-corrected chi connectivity index (χ4v) is 1.53. The van der Waals surface area contributed by atoms with E-state index in [1.807, 2.05) is 0 Å². The Morgan fingerprint density at radius 2 is 2.19 bits per heavy atom. The van der Waals surface area contributed by atoms with Gasteiger partial charge >= 0.3 is 5.97 Å². The van der Waals surface area contributed by atoms with Crippen molar-refractivity contribution in [2.75, 3.05) is 13.2 Å². The summed E-state index contributed by atoms with van der Waals surface area (Å²) in [5.74, 6) is -1.16. The quantitative estimate of drug-likeness (QED) is 0.566. The summed E-state index contributed by atoms with van der Waals surface area (Å²) in [4.78, 5) is 11.1. The number of aliphatic hydroxyl groups excluding tert-OH is 1. The van der Waals surface area contributed by atoms with Crippen LogP contribution in [0, 0.1) is 0 Å². The summed E-state index contributed by atoms with van der Waals surface area (Å²) in [5, 5.41) is 9.08. The molecule has 0 aliphatic carbocycles. The van der Waals surface area contributed by atoms with E-state index in [2.05, 4.69) is 0 Å². The highest BCUT2D eigenvalue weighted by atomic mass is 16.8. The molecular weight excluding hydrogens is 212 g/mol. The molecule has 1 aliphatic heterocycles. The number of carbonyl (C=O) groups excluding carboxylic acids is 1. The third kappa shape index (κ3) is 3.59. The van der Waals surface area contributed by atoms with Crippen molar-refractivity contribution in [3.8, 4) is 0 Å². The number of rotatable bonds is 4. The van der Waals surface area contributed by atoms with Gasteiger partial charge in [-0.1, -0.05) is 0 Å². The smallest absolute Gasteiger partial charge is 0.330 e. The minimum atomic E-state index is -0.739. The second-order valence-electron chi connectivity index (χ2n) is 3.93. The van der Waals surface area contributed by atoms with E-state index >= 15 is 0 Å². The number of carbonyl (C=O) groups is 1. The zero-order valence-electron chi connectivity index (χ0n) is 9.80. The van der Waals surface area contributed by atoms with Gasteiger partial charge in [0.15, 0.2) is 5.79 Å².